The second-order valence-electron chi connectivity index (χ2n) is 5.58. The Bertz CT molecular complexity index is 554. The summed E-state index contributed by atoms with van der Waals surface area (Å²) >= 11 is 0. The van der Waals surface area contributed by atoms with Gasteiger partial charge in [-0.3, -0.25) is 4.79 Å². The van der Waals surface area contributed by atoms with E-state index in [4.69, 9.17) is 0 Å². The van der Waals surface area contributed by atoms with Crippen LogP contribution in [0.5, 0.6) is 0 Å². The molecule has 0 saturated heterocycles. The van der Waals surface area contributed by atoms with E-state index >= 15 is 0 Å². The maximum atomic E-state index is 12.2. The van der Waals surface area contributed by atoms with E-state index in [9.17, 15) is 4.79 Å². The molecular weight excluding hydrogens is 242 g/mol. The van der Waals surface area contributed by atoms with E-state index in [0.29, 0.717) is 5.56 Å². The second kappa shape index (κ2) is 4.97. The van der Waals surface area contributed by atoms with Crippen LogP contribution in [0.3, 0.4) is 0 Å². The number of nitrogens with one attached hydrogen (secondary N) is 1. The summed E-state index contributed by atoms with van der Waals surface area (Å²) in [5.41, 5.74) is 1.10. The zero-order chi connectivity index (χ0) is 14.0. The number of hydrogen-bond acceptors (Lipinski definition) is 4. The van der Waals surface area contributed by atoms with Crippen molar-refractivity contribution in [2.75, 3.05) is 20.6 Å². The molecule has 19 heavy (non-hydrogen) atoms. The van der Waals surface area contributed by atoms with Gasteiger partial charge >= 0.3 is 0 Å². The summed E-state index contributed by atoms with van der Waals surface area (Å²) in [5.74, 6) is -0.0997. The molecule has 2 aromatic rings. The average molecular weight is 261 g/mol. The summed E-state index contributed by atoms with van der Waals surface area (Å²) in [5, 5.41) is 7.07. The third kappa shape index (κ3) is 3.29. The van der Waals surface area contributed by atoms with Crippen LogP contribution < -0.4 is 5.32 Å². The van der Waals surface area contributed by atoms with Crippen LogP contribution in [0, 0.1) is 0 Å². The lowest BCUT2D eigenvalue weighted by Gasteiger charge is -2.29. The molecular formula is C13H19N5O. The predicted octanol–water partition coefficient (Wildman–Crippen LogP) is 0.799. The predicted molar refractivity (Wildman–Crippen MR) is 73.1 cm³/mol. The Balaban J connectivity index is 2.15. The first kappa shape index (κ1) is 13.5. The zero-order valence-corrected chi connectivity index (χ0v) is 11.7. The molecule has 2 rings (SSSR count). The lowest BCUT2D eigenvalue weighted by molar-refractivity contribution is 0.0899. The normalized spacial score (nSPS) is 12.1. The van der Waals surface area contributed by atoms with Gasteiger partial charge in [-0.2, -0.15) is 5.10 Å². The minimum atomic E-state index is -0.291. The fraction of sp³-hybridized carbons (Fsp3) is 0.462. The Morgan fingerprint density at radius 2 is 2.21 bits per heavy atom. The highest BCUT2D eigenvalue weighted by Gasteiger charge is 2.22. The Morgan fingerprint density at radius 1 is 1.47 bits per heavy atom. The molecule has 0 aliphatic carbocycles. The molecule has 0 radical (unpaired) electrons. The Kier molecular flexibility index (Phi) is 3.53. The minimum absolute atomic E-state index is 0.0997. The van der Waals surface area contributed by atoms with Gasteiger partial charge in [-0.25, -0.2) is 9.50 Å². The van der Waals surface area contributed by atoms with Gasteiger partial charge in [-0.1, -0.05) is 0 Å². The zero-order valence-electron chi connectivity index (χ0n) is 11.7. The number of carbonyl (C=O) groups is 1. The van der Waals surface area contributed by atoms with Crippen LogP contribution in [0.4, 0.5) is 0 Å². The highest BCUT2D eigenvalue weighted by Crippen LogP contribution is 2.10. The Labute approximate surface area is 112 Å². The van der Waals surface area contributed by atoms with Crippen LogP contribution >= 0.6 is 0 Å². The third-order valence-electron chi connectivity index (χ3n) is 2.70. The lowest BCUT2D eigenvalue weighted by atomic mass is 10.0. The molecule has 0 aliphatic rings. The van der Waals surface area contributed by atoms with E-state index in [1.165, 1.54) is 6.33 Å². The first-order valence-corrected chi connectivity index (χ1v) is 6.13. The standard InChI is InChI=1S/C13H19N5O/c1-13(2,8-17(3)4)16-12(19)10-5-11-6-14-9-15-18(11)7-10/h5-7,9H,8H2,1-4H3,(H,16,19). The monoisotopic (exact) mass is 261 g/mol. The molecule has 6 heteroatoms. The van der Waals surface area contributed by atoms with E-state index in [1.54, 1.807) is 23.0 Å². The van der Waals surface area contributed by atoms with Crippen LogP contribution in [0.2, 0.25) is 0 Å². The average Bonchev–Trinajstić information content (AvgIpc) is 2.69. The number of amides is 1. The summed E-state index contributed by atoms with van der Waals surface area (Å²) in [7, 11) is 3.96. The van der Waals surface area contributed by atoms with Crippen molar-refractivity contribution in [3.05, 3.63) is 30.4 Å². The van der Waals surface area contributed by atoms with E-state index in [2.05, 4.69) is 15.4 Å². The van der Waals surface area contributed by atoms with Crippen molar-refractivity contribution in [2.24, 2.45) is 0 Å². The number of aromatic nitrogens is 3. The molecule has 0 bridgehead atoms. The Hall–Kier alpha value is -1.95. The van der Waals surface area contributed by atoms with Gasteiger partial charge in [0.05, 0.1) is 17.3 Å². The quantitative estimate of drug-likeness (QED) is 0.884. The van der Waals surface area contributed by atoms with Crippen LogP contribution in [0.15, 0.2) is 24.8 Å². The summed E-state index contributed by atoms with van der Waals surface area (Å²) in [4.78, 5) is 18.2. The van der Waals surface area contributed by atoms with Crippen molar-refractivity contribution in [1.29, 1.82) is 0 Å². The van der Waals surface area contributed by atoms with Crippen molar-refractivity contribution in [1.82, 2.24) is 24.8 Å². The van der Waals surface area contributed by atoms with Gasteiger partial charge in [0, 0.05) is 18.3 Å². The van der Waals surface area contributed by atoms with Gasteiger partial charge in [-0.05, 0) is 34.0 Å². The van der Waals surface area contributed by atoms with Crippen LogP contribution in [0.1, 0.15) is 24.2 Å². The molecule has 102 valence electrons. The summed E-state index contributed by atoms with van der Waals surface area (Å²) in [6, 6.07) is 1.78. The van der Waals surface area contributed by atoms with E-state index in [-0.39, 0.29) is 11.4 Å². The summed E-state index contributed by atoms with van der Waals surface area (Å²) < 4.78 is 1.64. The van der Waals surface area contributed by atoms with Gasteiger partial charge in [0.15, 0.2) is 0 Å². The largest absolute Gasteiger partial charge is 0.346 e. The number of fused-ring (bicyclic) bond motifs is 1. The smallest absolute Gasteiger partial charge is 0.253 e. The molecule has 1 amide bonds. The number of carbonyl (C=O) groups excluding carboxylic acids is 1. The highest BCUT2D eigenvalue weighted by atomic mass is 16.1. The highest BCUT2D eigenvalue weighted by molar-refractivity contribution is 5.95. The lowest BCUT2D eigenvalue weighted by Crippen LogP contribution is -2.49. The topological polar surface area (TPSA) is 62.5 Å². The first-order valence-electron chi connectivity index (χ1n) is 6.13. The number of nitrogens with zero attached hydrogens (tertiary/aromatic N) is 4. The third-order valence-corrected chi connectivity index (χ3v) is 2.70. The fourth-order valence-corrected chi connectivity index (χ4v) is 2.19. The van der Waals surface area contributed by atoms with Crippen LogP contribution in [-0.4, -0.2) is 51.6 Å². The molecule has 0 aliphatic heterocycles. The van der Waals surface area contributed by atoms with Crippen molar-refractivity contribution in [2.45, 2.75) is 19.4 Å². The van der Waals surface area contributed by atoms with Gasteiger partial charge in [0.1, 0.15) is 6.33 Å². The molecule has 0 spiro atoms. The molecule has 0 fully saturated rings. The van der Waals surface area contributed by atoms with E-state index in [0.717, 1.165) is 12.1 Å². The van der Waals surface area contributed by atoms with Crippen molar-refractivity contribution >= 4 is 11.4 Å². The second-order valence-corrected chi connectivity index (χ2v) is 5.58. The van der Waals surface area contributed by atoms with Gasteiger partial charge in [0.2, 0.25) is 0 Å². The molecule has 0 atom stereocenters. The molecule has 0 saturated carbocycles. The Morgan fingerprint density at radius 3 is 2.84 bits per heavy atom. The van der Waals surface area contributed by atoms with Crippen molar-refractivity contribution in [3.63, 3.8) is 0 Å². The van der Waals surface area contributed by atoms with Gasteiger partial charge in [0.25, 0.3) is 5.91 Å². The van der Waals surface area contributed by atoms with E-state index < -0.39 is 0 Å². The van der Waals surface area contributed by atoms with Gasteiger partial charge < -0.3 is 10.2 Å². The van der Waals surface area contributed by atoms with Gasteiger partial charge in [-0.15, -0.1) is 0 Å². The fourth-order valence-electron chi connectivity index (χ4n) is 2.19. The molecule has 2 aromatic heterocycles. The maximum absolute atomic E-state index is 12.2. The molecule has 1 N–H and O–H groups in total. The SMILES string of the molecule is CN(C)CC(C)(C)NC(=O)c1cc2cncnn2c1. The molecule has 2 heterocycles. The number of hydrogen-bond donors (Lipinski definition) is 1. The summed E-state index contributed by atoms with van der Waals surface area (Å²) in [6.45, 7) is 4.77. The van der Waals surface area contributed by atoms with Crippen LogP contribution in [-0.2, 0) is 0 Å². The van der Waals surface area contributed by atoms with Crippen LogP contribution in [0.25, 0.3) is 5.52 Å². The maximum Gasteiger partial charge on any atom is 0.253 e. The first-order chi connectivity index (χ1) is 8.87. The summed E-state index contributed by atoms with van der Waals surface area (Å²) in [6.07, 6.45) is 4.83. The number of rotatable bonds is 4. The van der Waals surface area contributed by atoms with Crippen molar-refractivity contribution < 1.29 is 4.79 Å². The molecule has 6 nitrogen and oxygen atoms in total. The molecule has 0 aromatic carbocycles. The van der Waals surface area contributed by atoms with E-state index in [1.807, 2.05) is 32.8 Å². The van der Waals surface area contributed by atoms with Crippen molar-refractivity contribution in [3.8, 4) is 0 Å². The molecule has 0 unspecified atom stereocenters. The minimum Gasteiger partial charge on any atom is -0.346 e. The number of likely N-dealkylation sites (N-methyl/N-ethyl adjacent to an activating group) is 1.